The molecule has 2 aliphatic heterocycles. The van der Waals surface area contributed by atoms with Gasteiger partial charge in [0.25, 0.3) is 15.9 Å². The topological polar surface area (TPSA) is 57.7 Å². The smallest absolute Gasteiger partial charge is 0.264 e. The van der Waals surface area contributed by atoms with Crippen LogP contribution in [-0.2, 0) is 16.4 Å². The van der Waals surface area contributed by atoms with Crippen molar-refractivity contribution in [1.82, 2.24) is 4.90 Å². The molecule has 1 fully saturated rings. The number of amides is 1. The lowest BCUT2D eigenvalue weighted by molar-refractivity contribution is 0.0724. The number of carbonyl (C=O) groups excluding carboxylic acids is 1. The van der Waals surface area contributed by atoms with Gasteiger partial charge in [-0.05, 0) is 80.6 Å². The first-order valence-electron chi connectivity index (χ1n) is 9.60. The van der Waals surface area contributed by atoms with E-state index in [0.29, 0.717) is 22.7 Å². The molecule has 0 aliphatic carbocycles. The number of fused-ring (bicyclic) bond motifs is 1. The normalized spacial score (nSPS) is 19.6. The number of nitrogens with zero attached hydrogens (tertiary/aromatic N) is 2. The first kappa shape index (κ1) is 19.3. The Labute approximate surface area is 171 Å². The Morgan fingerprint density at radius 2 is 1.71 bits per heavy atom. The summed E-state index contributed by atoms with van der Waals surface area (Å²) in [5, 5.41) is 0.495. The fourth-order valence-corrected chi connectivity index (χ4v) is 5.92. The number of hydrogen-bond donors (Lipinski definition) is 0. The molecule has 0 radical (unpaired) electrons. The Morgan fingerprint density at radius 1 is 1.04 bits per heavy atom. The Balaban J connectivity index is 1.66. The molecule has 2 aromatic rings. The lowest BCUT2D eigenvalue weighted by Gasteiger charge is -2.27. The van der Waals surface area contributed by atoms with Crippen molar-refractivity contribution < 1.29 is 13.2 Å². The number of carbonyl (C=O) groups is 1. The lowest BCUT2D eigenvalue weighted by atomic mass is 10.0. The molecule has 2 aliphatic rings. The molecular weight excluding hydrogens is 396 g/mol. The Kier molecular flexibility index (Phi) is 5.10. The summed E-state index contributed by atoms with van der Waals surface area (Å²) in [6.07, 6.45) is 3.84. The highest BCUT2D eigenvalue weighted by molar-refractivity contribution is 7.92. The van der Waals surface area contributed by atoms with Crippen molar-refractivity contribution in [2.45, 2.75) is 43.5 Å². The molecule has 0 aromatic heterocycles. The summed E-state index contributed by atoms with van der Waals surface area (Å²) in [7, 11) is -3.69. The Bertz CT molecular complexity index is 999. The predicted molar refractivity (Wildman–Crippen MR) is 110 cm³/mol. The lowest BCUT2D eigenvalue weighted by Crippen LogP contribution is -2.36. The van der Waals surface area contributed by atoms with E-state index >= 15 is 0 Å². The standard InChI is InChI=1S/C21H23ClN2O3S/c1-15-13-17-14-16(21(25)23-11-3-2-4-12-23)5-10-20(17)24(15)28(26,27)19-8-6-18(22)7-9-19/h5-10,14-15H,2-4,11-13H2,1H3/t15-/m0/s1. The van der Waals surface area contributed by atoms with Crippen molar-refractivity contribution in [2.75, 3.05) is 17.4 Å². The summed E-state index contributed by atoms with van der Waals surface area (Å²) < 4.78 is 27.8. The van der Waals surface area contributed by atoms with Crippen LogP contribution in [0.4, 0.5) is 5.69 Å². The van der Waals surface area contributed by atoms with Gasteiger partial charge in [-0.3, -0.25) is 9.10 Å². The second-order valence-electron chi connectivity index (χ2n) is 7.50. The molecule has 0 saturated carbocycles. The van der Waals surface area contributed by atoms with Gasteiger partial charge < -0.3 is 4.90 Å². The average molecular weight is 419 g/mol. The number of rotatable bonds is 3. The summed E-state index contributed by atoms with van der Waals surface area (Å²) in [6, 6.07) is 11.4. The molecular formula is C21H23ClN2O3S. The predicted octanol–water partition coefficient (Wildman–Crippen LogP) is 4.11. The van der Waals surface area contributed by atoms with Gasteiger partial charge in [0, 0.05) is 29.7 Å². The quantitative estimate of drug-likeness (QED) is 0.753. The molecule has 4 rings (SSSR count). The van der Waals surface area contributed by atoms with E-state index in [1.54, 1.807) is 24.3 Å². The fourth-order valence-electron chi connectivity index (χ4n) is 4.10. The molecule has 1 amide bonds. The third-order valence-electron chi connectivity index (χ3n) is 5.49. The van der Waals surface area contributed by atoms with Gasteiger partial charge in [0.15, 0.2) is 0 Å². The second-order valence-corrected chi connectivity index (χ2v) is 9.76. The molecule has 0 N–H and O–H groups in total. The number of halogens is 1. The molecule has 0 unspecified atom stereocenters. The highest BCUT2D eigenvalue weighted by Gasteiger charge is 2.36. The molecule has 148 valence electrons. The van der Waals surface area contributed by atoms with Crippen LogP contribution in [0.1, 0.15) is 42.1 Å². The first-order chi connectivity index (χ1) is 13.4. The summed E-state index contributed by atoms with van der Waals surface area (Å²) in [5.41, 5.74) is 2.18. The van der Waals surface area contributed by atoms with Crippen LogP contribution in [0.3, 0.4) is 0 Å². The average Bonchev–Trinajstić information content (AvgIpc) is 3.04. The molecule has 5 nitrogen and oxygen atoms in total. The zero-order valence-corrected chi connectivity index (χ0v) is 17.3. The van der Waals surface area contributed by atoms with Gasteiger partial charge in [-0.2, -0.15) is 0 Å². The minimum atomic E-state index is -3.69. The van der Waals surface area contributed by atoms with Crippen molar-refractivity contribution in [3.8, 4) is 0 Å². The van der Waals surface area contributed by atoms with E-state index < -0.39 is 10.0 Å². The zero-order valence-electron chi connectivity index (χ0n) is 15.8. The maximum atomic E-state index is 13.2. The number of likely N-dealkylation sites (tertiary alicyclic amines) is 1. The molecule has 0 bridgehead atoms. The summed E-state index contributed by atoms with van der Waals surface area (Å²) >= 11 is 5.90. The first-order valence-corrected chi connectivity index (χ1v) is 11.4. The third-order valence-corrected chi connectivity index (χ3v) is 7.69. The second kappa shape index (κ2) is 7.41. The minimum Gasteiger partial charge on any atom is -0.339 e. The monoisotopic (exact) mass is 418 g/mol. The van der Waals surface area contributed by atoms with Crippen molar-refractivity contribution in [3.63, 3.8) is 0 Å². The van der Waals surface area contributed by atoms with E-state index in [-0.39, 0.29) is 16.8 Å². The van der Waals surface area contributed by atoms with Crippen LogP contribution in [0.25, 0.3) is 0 Å². The molecule has 2 heterocycles. The number of sulfonamides is 1. The minimum absolute atomic E-state index is 0.0363. The van der Waals surface area contributed by atoms with Gasteiger partial charge >= 0.3 is 0 Å². The van der Waals surface area contributed by atoms with Crippen molar-refractivity contribution in [2.24, 2.45) is 0 Å². The maximum absolute atomic E-state index is 13.2. The largest absolute Gasteiger partial charge is 0.339 e. The van der Waals surface area contributed by atoms with Crippen LogP contribution in [0.15, 0.2) is 47.4 Å². The summed E-state index contributed by atoms with van der Waals surface area (Å²) in [4.78, 5) is 14.9. The van der Waals surface area contributed by atoms with Gasteiger partial charge in [0.05, 0.1) is 10.6 Å². The van der Waals surface area contributed by atoms with E-state index in [1.165, 1.54) is 22.9 Å². The zero-order chi connectivity index (χ0) is 19.9. The van der Waals surface area contributed by atoms with Crippen LogP contribution < -0.4 is 4.31 Å². The fraction of sp³-hybridized carbons (Fsp3) is 0.381. The van der Waals surface area contributed by atoms with Crippen LogP contribution in [0, 0.1) is 0 Å². The van der Waals surface area contributed by atoms with E-state index in [4.69, 9.17) is 11.6 Å². The van der Waals surface area contributed by atoms with Gasteiger partial charge in [0.2, 0.25) is 0 Å². The van der Waals surface area contributed by atoms with Crippen molar-refractivity contribution in [3.05, 3.63) is 58.6 Å². The number of hydrogen-bond acceptors (Lipinski definition) is 3. The van der Waals surface area contributed by atoms with Gasteiger partial charge in [-0.25, -0.2) is 8.42 Å². The van der Waals surface area contributed by atoms with Crippen LogP contribution in [0.2, 0.25) is 5.02 Å². The molecule has 2 aromatic carbocycles. The van der Waals surface area contributed by atoms with Crippen LogP contribution in [-0.4, -0.2) is 38.4 Å². The van der Waals surface area contributed by atoms with Gasteiger partial charge in [0.1, 0.15) is 0 Å². The van der Waals surface area contributed by atoms with Crippen molar-refractivity contribution in [1.29, 1.82) is 0 Å². The summed E-state index contributed by atoms with van der Waals surface area (Å²) in [6.45, 7) is 3.48. The number of anilines is 1. The Hall–Kier alpha value is -2.05. The van der Waals surface area contributed by atoms with E-state index in [9.17, 15) is 13.2 Å². The summed E-state index contributed by atoms with van der Waals surface area (Å²) in [5.74, 6) is 0.0363. The third kappa shape index (κ3) is 3.40. The molecule has 28 heavy (non-hydrogen) atoms. The SMILES string of the molecule is C[C@H]1Cc2cc(C(=O)N3CCCCC3)ccc2N1S(=O)(=O)c1ccc(Cl)cc1. The highest BCUT2D eigenvalue weighted by Crippen LogP contribution is 2.37. The maximum Gasteiger partial charge on any atom is 0.264 e. The van der Waals surface area contributed by atoms with Gasteiger partial charge in [-0.1, -0.05) is 11.6 Å². The molecule has 0 spiro atoms. The molecule has 7 heteroatoms. The van der Waals surface area contributed by atoms with Crippen LogP contribution in [0.5, 0.6) is 0 Å². The van der Waals surface area contributed by atoms with Crippen LogP contribution >= 0.6 is 11.6 Å². The molecule has 1 saturated heterocycles. The number of benzene rings is 2. The van der Waals surface area contributed by atoms with E-state index in [0.717, 1.165) is 31.5 Å². The van der Waals surface area contributed by atoms with Crippen molar-refractivity contribution >= 4 is 33.2 Å². The van der Waals surface area contributed by atoms with E-state index in [1.807, 2.05) is 17.9 Å². The highest BCUT2D eigenvalue weighted by atomic mass is 35.5. The van der Waals surface area contributed by atoms with E-state index in [2.05, 4.69) is 0 Å². The Morgan fingerprint density at radius 3 is 2.39 bits per heavy atom. The van der Waals surface area contributed by atoms with Gasteiger partial charge in [-0.15, -0.1) is 0 Å². The molecule has 1 atom stereocenters. The number of piperidine rings is 1.